The van der Waals surface area contributed by atoms with Gasteiger partial charge < -0.3 is 10.1 Å². The molecule has 2 nitrogen and oxygen atoms in total. The average molecular weight is 261 g/mol. The molecule has 0 saturated carbocycles. The molecule has 2 heteroatoms. The van der Waals surface area contributed by atoms with E-state index >= 15 is 0 Å². The maximum absolute atomic E-state index is 5.52. The quantitative estimate of drug-likeness (QED) is 0.877. The molecular formula is C17H27NO. The van der Waals surface area contributed by atoms with Gasteiger partial charge in [0.1, 0.15) is 0 Å². The van der Waals surface area contributed by atoms with E-state index in [1.165, 1.54) is 18.4 Å². The molecule has 0 aliphatic carbocycles. The normalized spacial score (nSPS) is 19.3. The molecule has 1 N–H and O–H groups in total. The van der Waals surface area contributed by atoms with Crippen molar-refractivity contribution in [3.63, 3.8) is 0 Å². The zero-order valence-electron chi connectivity index (χ0n) is 12.5. The number of ether oxygens (including phenoxy) is 1. The number of likely N-dealkylation sites (N-methyl/N-ethyl adjacent to an activating group) is 1. The van der Waals surface area contributed by atoms with Crippen LogP contribution >= 0.6 is 0 Å². The zero-order valence-corrected chi connectivity index (χ0v) is 12.5. The Bertz CT molecular complexity index is 368. The Morgan fingerprint density at radius 1 is 1.21 bits per heavy atom. The van der Waals surface area contributed by atoms with Crippen LogP contribution in [-0.4, -0.2) is 25.8 Å². The first-order valence-electron chi connectivity index (χ1n) is 7.53. The van der Waals surface area contributed by atoms with Gasteiger partial charge in [0.15, 0.2) is 0 Å². The minimum atomic E-state index is 0.152. The number of hydrogen-bond acceptors (Lipinski definition) is 2. The summed E-state index contributed by atoms with van der Waals surface area (Å²) in [6.45, 7) is 9.79. The van der Waals surface area contributed by atoms with Crippen molar-refractivity contribution in [1.82, 2.24) is 5.32 Å². The van der Waals surface area contributed by atoms with E-state index in [0.717, 1.165) is 19.8 Å². The summed E-state index contributed by atoms with van der Waals surface area (Å²) in [6, 6.07) is 11.4. The van der Waals surface area contributed by atoms with Gasteiger partial charge in [-0.15, -0.1) is 0 Å². The van der Waals surface area contributed by atoms with E-state index < -0.39 is 0 Å². The number of rotatable bonds is 5. The Morgan fingerprint density at radius 3 is 2.42 bits per heavy atom. The standard InChI is InChI=1S/C17H27NO/c1-4-18-16(14-10-12-19-13-11-14)17(2,3)15-8-6-5-7-9-15/h5-9,14,16,18H,4,10-13H2,1-3H3. The van der Waals surface area contributed by atoms with Crippen LogP contribution < -0.4 is 5.32 Å². The second-order valence-electron chi connectivity index (χ2n) is 6.07. The van der Waals surface area contributed by atoms with Crippen LogP contribution in [0.2, 0.25) is 0 Å². The number of nitrogens with one attached hydrogen (secondary N) is 1. The van der Waals surface area contributed by atoms with Gasteiger partial charge >= 0.3 is 0 Å². The van der Waals surface area contributed by atoms with Crippen molar-refractivity contribution in [3.8, 4) is 0 Å². The van der Waals surface area contributed by atoms with Crippen molar-refractivity contribution in [2.24, 2.45) is 5.92 Å². The van der Waals surface area contributed by atoms with Crippen molar-refractivity contribution >= 4 is 0 Å². The predicted molar refractivity (Wildman–Crippen MR) is 80.5 cm³/mol. The van der Waals surface area contributed by atoms with Crippen LogP contribution in [0.1, 0.15) is 39.2 Å². The van der Waals surface area contributed by atoms with E-state index in [1.807, 2.05) is 0 Å². The fourth-order valence-electron chi connectivity index (χ4n) is 3.33. The van der Waals surface area contributed by atoms with Crippen molar-refractivity contribution in [2.75, 3.05) is 19.8 Å². The summed E-state index contributed by atoms with van der Waals surface area (Å²) in [5.74, 6) is 0.712. The van der Waals surface area contributed by atoms with E-state index in [1.54, 1.807) is 0 Å². The molecule has 1 aromatic carbocycles. The SMILES string of the molecule is CCNC(C1CCOCC1)C(C)(C)c1ccccc1. The summed E-state index contributed by atoms with van der Waals surface area (Å²) < 4.78 is 5.52. The summed E-state index contributed by atoms with van der Waals surface area (Å²) in [5, 5.41) is 3.74. The van der Waals surface area contributed by atoms with Crippen molar-refractivity contribution in [1.29, 1.82) is 0 Å². The Labute approximate surface area is 117 Å². The first-order chi connectivity index (χ1) is 9.16. The van der Waals surface area contributed by atoms with Crippen LogP contribution in [0.5, 0.6) is 0 Å². The molecule has 1 heterocycles. The summed E-state index contributed by atoms with van der Waals surface area (Å²) in [5.41, 5.74) is 1.58. The minimum Gasteiger partial charge on any atom is -0.381 e. The summed E-state index contributed by atoms with van der Waals surface area (Å²) in [7, 11) is 0. The summed E-state index contributed by atoms with van der Waals surface area (Å²) in [6.07, 6.45) is 2.35. The van der Waals surface area contributed by atoms with Gasteiger partial charge in [-0.25, -0.2) is 0 Å². The van der Waals surface area contributed by atoms with Crippen LogP contribution in [-0.2, 0) is 10.2 Å². The molecule has 1 fully saturated rings. The highest BCUT2D eigenvalue weighted by molar-refractivity contribution is 5.26. The van der Waals surface area contributed by atoms with E-state index in [2.05, 4.69) is 56.4 Å². The van der Waals surface area contributed by atoms with E-state index in [-0.39, 0.29) is 5.41 Å². The van der Waals surface area contributed by atoms with Gasteiger partial charge in [-0.2, -0.15) is 0 Å². The maximum Gasteiger partial charge on any atom is 0.0469 e. The van der Waals surface area contributed by atoms with Crippen LogP contribution in [0, 0.1) is 5.92 Å². The van der Waals surface area contributed by atoms with Crippen molar-refractivity contribution < 1.29 is 4.74 Å². The van der Waals surface area contributed by atoms with Gasteiger partial charge in [0.05, 0.1) is 0 Å². The second kappa shape index (κ2) is 6.53. The van der Waals surface area contributed by atoms with E-state index in [9.17, 15) is 0 Å². The third kappa shape index (κ3) is 3.37. The van der Waals surface area contributed by atoms with Crippen LogP contribution in [0.4, 0.5) is 0 Å². The monoisotopic (exact) mass is 261 g/mol. The molecule has 1 atom stereocenters. The molecule has 1 unspecified atom stereocenters. The largest absolute Gasteiger partial charge is 0.381 e. The third-order valence-corrected chi connectivity index (χ3v) is 4.46. The highest BCUT2D eigenvalue weighted by atomic mass is 16.5. The molecule has 106 valence electrons. The van der Waals surface area contributed by atoms with Crippen molar-refractivity contribution in [2.45, 2.75) is 45.1 Å². The predicted octanol–water partition coefficient (Wildman–Crippen LogP) is 3.37. The second-order valence-corrected chi connectivity index (χ2v) is 6.07. The van der Waals surface area contributed by atoms with Gasteiger partial charge in [0, 0.05) is 24.7 Å². The average Bonchev–Trinajstić information content (AvgIpc) is 2.46. The molecule has 0 radical (unpaired) electrons. The maximum atomic E-state index is 5.52. The summed E-state index contributed by atoms with van der Waals surface area (Å²) >= 11 is 0. The lowest BCUT2D eigenvalue weighted by Gasteiger charge is -2.42. The third-order valence-electron chi connectivity index (χ3n) is 4.46. The Kier molecular flexibility index (Phi) is 5.00. The van der Waals surface area contributed by atoms with Crippen LogP contribution in [0.25, 0.3) is 0 Å². The topological polar surface area (TPSA) is 21.3 Å². The molecule has 0 spiro atoms. The summed E-state index contributed by atoms with van der Waals surface area (Å²) in [4.78, 5) is 0. The Balaban J connectivity index is 2.21. The van der Waals surface area contributed by atoms with Gasteiger partial charge in [0.2, 0.25) is 0 Å². The smallest absolute Gasteiger partial charge is 0.0469 e. The Morgan fingerprint density at radius 2 is 1.84 bits per heavy atom. The van der Waals surface area contributed by atoms with Crippen LogP contribution in [0.3, 0.4) is 0 Å². The minimum absolute atomic E-state index is 0.152. The van der Waals surface area contributed by atoms with Gasteiger partial charge in [-0.05, 0) is 30.9 Å². The molecular weight excluding hydrogens is 234 g/mol. The lowest BCUT2D eigenvalue weighted by molar-refractivity contribution is 0.0432. The number of benzene rings is 1. The Hall–Kier alpha value is -0.860. The van der Waals surface area contributed by atoms with E-state index in [4.69, 9.17) is 4.74 Å². The lowest BCUT2D eigenvalue weighted by atomic mass is 9.70. The van der Waals surface area contributed by atoms with Gasteiger partial charge in [-0.3, -0.25) is 0 Å². The highest BCUT2D eigenvalue weighted by Gasteiger charge is 2.36. The molecule has 19 heavy (non-hydrogen) atoms. The lowest BCUT2D eigenvalue weighted by Crippen LogP contribution is -2.51. The first-order valence-corrected chi connectivity index (χ1v) is 7.53. The molecule has 1 aliphatic heterocycles. The number of hydrogen-bond donors (Lipinski definition) is 1. The molecule has 1 aromatic rings. The van der Waals surface area contributed by atoms with Crippen LogP contribution in [0.15, 0.2) is 30.3 Å². The van der Waals surface area contributed by atoms with E-state index in [0.29, 0.717) is 12.0 Å². The van der Waals surface area contributed by atoms with Gasteiger partial charge in [0.25, 0.3) is 0 Å². The molecule has 0 amide bonds. The molecule has 0 bridgehead atoms. The first kappa shape index (κ1) is 14.5. The highest BCUT2D eigenvalue weighted by Crippen LogP contribution is 2.34. The molecule has 0 aromatic heterocycles. The van der Waals surface area contributed by atoms with Crippen molar-refractivity contribution in [3.05, 3.63) is 35.9 Å². The zero-order chi connectivity index (χ0) is 13.7. The molecule has 1 saturated heterocycles. The van der Waals surface area contributed by atoms with Gasteiger partial charge in [-0.1, -0.05) is 51.1 Å². The fraction of sp³-hybridized carbons (Fsp3) is 0.647. The molecule has 2 rings (SSSR count). The molecule has 1 aliphatic rings. The fourth-order valence-corrected chi connectivity index (χ4v) is 3.33.